The van der Waals surface area contributed by atoms with E-state index >= 15 is 0 Å². The number of carbonyl (C=O) groups is 2. The Morgan fingerprint density at radius 2 is 2.06 bits per heavy atom. The molecule has 0 saturated heterocycles. The largest absolute Gasteiger partial charge is 0.351 e. The summed E-state index contributed by atoms with van der Waals surface area (Å²) >= 11 is 0. The number of rotatable bonds is 2. The topological polar surface area (TPSA) is 115 Å². The number of hydrogen-bond acceptors (Lipinski definition) is 4. The van der Waals surface area contributed by atoms with Gasteiger partial charge in [-0.05, 0) is 13.0 Å². The molecule has 3 N–H and O–H groups in total. The first-order chi connectivity index (χ1) is 7.43. The van der Waals surface area contributed by atoms with Gasteiger partial charge in [-0.2, -0.15) is 0 Å². The second-order valence-corrected chi connectivity index (χ2v) is 3.05. The number of imide groups is 1. The standard InChI is InChI=1S/C9H9N3O4/c1-5-3-2-4-6(7(5)12(15)16)8(13)11-9(10)14/h2-4H,1H3,(H3,10,11,13,14). The Morgan fingerprint density at radius 1 is 1.44 bits per heavy atom. The second-order valence-electron chi connectivity index (χ2n) is 3.05. The molecule has 0 heterocycles. The Bertz CT molecular complexity index is 470. The number of hydrogen-bond donors (Lipinski definition) is 2. The molecule has 0 aliphatic carbocycles. The molecule has 0 fully saturated rings. The minimum atomic E-state index is -1.05. The average molecular weight is 223 g/mol. The first kappa shape index (κ1) is 11.6. The predicted molar refractivity (Wildman–Crippen MR) is 54.9 cm³/mol. The van der Waals surface area contributed by atoms with Crippen LogP contribution in [0.25, 0.3) is 0 Å². The maximum atomic E-state index is 11.4. The van der Waals surface area contributed by atoms with Crippen molar-refractivity contribution in [2.75, 3.05) is 0 Å². The highest BCUT2D eigenvalue weighted by atomic mass is 16.6. The molecule has 0 aliphatic rings. The molecule has 1 rings (SSSR count). The van der Waals surface area contributed by atoms with Crippen molar-refractivity contribution in [3.63, 3.8) is 0 Å². The highest BCUT2D eigenvalue weighted by molar-refractivity contribution is 6.06. The first-order valence-electron chi connectivity index (χ1n) is 4.28. The molecule has 84 valence electrons. The van der Waals surface area contributed by atoms with E-state index in [1.54, 1.807) is 5.32 Å². The number of para-hydroxylation sites is 1. The van der Waals surface area contributed by atoms with E-state index < -0.39 is 16.9 Å². The summed E-state index contributed by atoms with van der Waals surface area (Å²) in [4.78, 5) is 32.0. The van der Waals surface area contributed by atoms with E-state index in [-0.39, 0.29) is 11.3 Å². The number of nitrogens with two attached hydrogens (primary N) is 1. The number of nitro benzene ring substituents is 1. The predicted octanol–water partition coefficient (Wildman–Crippen LogP) is 0.712. The lowest BCUT2D eigenvalue weighted by Crippen LogP contribution is -2.35. The number of nitrogens with one attached hydrogen (secondary N) is 1. The van der Waals surface area contributed by atoms with Crippen molar-refractivity contribution in [2.24, 2.45) is 5.73 Å². The third-order valence-electron chi connectivity index (χ3n) is 1.90. The van der Waals surface area contributed by atoms with Crippen LogP contribution in [-0.4, -0.2) is 16.9 Å². The molecular weight excluding hydrogens is 214 g/mol. The van der Waals surface area contributed by atoms with Gasteiger partial charge in [0.15, 0.2) is 0 Å². The van der Waals surface area contributed by atoms with E-state index in [1.807, 2.05) is 0 Å². The van der Waals surface area contributed by atoms with Crippen molar-refractivity contribution in [1.29, 1.82) is 0 Å². The molecule has 0 unspecified atom stereocenters. The SMILES string of the molecule is Cc1cccc(C(=O)NC(N)=O)c1[N+](=O)[O-]. The van der Waals surface area contributed by atoms with Crippen LogP contribution in [0.15, 0.2) is 18.2 Å². The van der Waals surface area contributed by atoms with E-state index in [1.165, 1.54) is 25.1 Å². The van der Waals surface area contributed by atoms with Crippen LogP contribution in [0.2, 0.25) is 0 Å². The van der Waals surface area contributed by atoms with Gasteiger partial charge in [0, 0.05) is 5.56 Å². The fourth-order valence-corrected chi connectivity index (χ4v) is 1.26. The van der Waals surface area contributed by atoms with Crippen LogP contribution in [0.5, 0.6) is 0 Å². The molecule has 1 aromatic rings. The van der Waals surface area contributed by atoms with Gasteiger partial charge in [-0.15, -0.1) is 0 Å². The van der Waals surface area contributed by atoms with E-state index in [0.717, 1.165) is 0 Å². The third-order valence-corrected chi connectivity index (χ3v) is 1.90. The normalized spacial score (nSPS) is 9.56. The number of nitrogens with zero attached hydrogens (tertiary/aromatic N) is 1. The minimum absolute atomic E-state index is 0.191. The molecule has 0 aromatic heterocycles. The number of benzene rings is 1. The molecule has 0 radical (unpaired) electrons. The Kier molecular flexibility index (Phi) is 3.19. The number of aryl methyl sites for hydroxylation is 1. The molecule has 0 saturated carbocycles. The van der Waals surface area contributed by atoms with Gasteiger partial charge in [0.25, 0.3) is 11.6 Å². The molecule has 1 aromatic carbocycles. The average Bonchev–Trinajstić information content (AvgIpc) is 2.15. The van der Waals surface area contributed by atoms with E-state index in [0.29, 0.717) is 5.56 Å². The van der Waals surface area contributed by atoms with Gasteiger partial charge >= 0.3 is 6.03 Å². The fourth-order valence-electron chi connectivity index (χ4n) is 1.26. The molecular formula is C9H9N3O4. The Hall–Kier alpha value is -2.44. The maximum Gasteiger partial charge on any atom is 0.319 e. The summed E-state index contributed by atoms with van der Waals surface area (Å²) in [7, 11) is 0. The van der Waals surface area contributed by atoms with Crippen LogP contribution in [0, 0.1) is 17.0 Å². The quantitative estimate of drug-likeness (QED) is 0.567. The zero-order valence-electron chi connectivity index (χ0n) is 8.39. The summed E-state index contributed by atoms with van der Waals surface area (Å²) in [6.07, 6.45) is 0. The summed E-state index contributed by atoms with van der Waals surface area (Å²) < 4.78 is 0. The zero-order chi connectivity index (χ0) is 12.3. The third kappa shape index (κ3) is 2.32. The summed E-state index contributed by atoms with van der Waals surface area (Å²) in [5.41, 5.74) is 4.57. The highest BCUT2D eigenvalue weighted by Gasteiger charge is 2.22. The van der Waals surface area contributed by atoms with Gasteiger partial charge in [-0.3, -0.25) is 20.2 Å². The van der Waals surface area contributed by atoms with E-state index in [9.17, 15) is 19.7 Å². The van der Waals surface area contributed by atoms with Gasteiger partial charge in [-0.25, -0.2) is 4.79 Å². The van der Waals surface area contributed by atoms with Crippen molar-refractivity contribution in [3.8, 4) is 0 Å². The molecule has 0 spiro atoms. The summed E-state index contributed by atoms with van der Waals surface area (Å²) in [6, 6.07) is 3.18. The first-order valence-corrected chi connectivity index (χ1v) is 4.28. The summed E-state index contributed by atoms with van der Waals surface area (Å²) in [5.74, 6) is -0.886. The van der Waals surface area contributed by atoms with Crippen LogP contribution in [-0.2, 0) is 0 Å². The minimum Gasteiger partial charge on any atom is -0.351 e. The van der Waals surface area contributed by atoms with Crippen molar-refractivity contribution in [1.82, 2.24) is 5.32 Å². The van der Waals surface area contributed by atoms with Crippen molar-refractivity contribution in [3.05, 3.63) is 39.4 Å². The van der Waals surface area contributed by atoms with Gasteiger partial charge in [0.05, 0.1) is 4.92 Å². The Balaban J connectivity index is 3.23. The lowest BCUT2D eigenvalue weighted by Gasteiger charge is -2.04. The van der Waals surface area contributed by atoms with Crippen molar-refractivity contribution < 1.29 is 14.5 Å². The van der Waals surface area contributed by atoms with Gasteiger partial charge in [0.1, 0.15) is 5.56 Å². The van der Waals surface area contributed by atoms with E-state index in [4.69, 9.17) is 5.73 Å². The lowest BCUT2D eigenvalue weighted by molar-refractivity contribution is -0.385. The summed E-state index contributed by atoms with van der Waals surface area (Å²) in [6.45, 7) is 1.50. The molecule has 3 amide bonds. The van der Waals surface area contributed by atoms with E-state index in [2.05, 4.69) is 0 Å². The number of urea groups is 1. The Morgan fingerprint density at radius 3 is 2.56 bits per heavy atom. The second kappa shape index (κ2) is 4.39. The van der Waals surface area contributed by atoms with Gasteiger partial charge in [-0.1, -0.05) is 12.1 Å². The van der Waals surface area contributed by atoms with Crippen molar-refractivity contribution >= 4 is 17.6 Å². The van der Waals surface area contributed by atoms with Gasteiger partial charge in [0.2, 0.25) is 0 Å². The van der Waals surface area contributed by atoms with Crippen molar-refractivity contribution in [2.45, 2.75) is 6.92 Å². The maximum absolute atomic E-state index is 11.4. The molecule has 7 nitrogen and oxygen atoms in total. The lowest BCUT2D eigenvalue weighted by atomic mass is 10.1. The molecule has 16 heavy (non-hydrogen) atoms. The number of amides is 3. The monoisotopic (exact) mass is 223 g/mol. The zero-order valence-corrected chi connectivity index (χ0v) is 8.39. The summed E-state index contributed by atoms with van der Waals surface area (Å²) in [5, 5.41) is 12.5. The number of nitro groups is 1. The van der Waals surface area contributed by atoms with Crippen LogP contribution >= 0.6 is 0 Å². The van der Waals surface area contributed by atoms with Crippen LogP contribution in [0.3, 0.4) is 0 Å². The van der Waals surface area contributed by atoms with Crippen LogP contribution in [0.4, 0.5) is 10.5 Å². The number of primary amides is 1. The number of carbonyl (C=O) groups excluding carboxylic acids is 2. The smallest absolute Gasteiger partial charge is 0.319 e. The van der Waals surface area contributed by atoms with Crippen LogP contribution in [0.1, 0.15) is 15.9 Å². The molecule has 0 bridgehead atoms. The van der Waals surface area contributed by atoms with Gasteiger partial charge < -0.3 is 5.73 Å². The fraction of sp³-hybridized carbons (Fsp3) is 0.111. The van der Waals surface area contributed by atoms with Crippen LogP contribution < -0.4 is 11.1 Å². The molecule has 0 atom stereocenters. The highest BCUT2D eigenvalue weighted by Crippen LogP contribution is 2.22. The molecule has 7 heteroatoms. The molecule has 0 aliphatic heterocycles. The Labute approximate surface area is 90.4 Å².